The zero-order valence-corrected chi connectivity index (χ0v) is 18.0. The van der Waals surface area contributed by atoms with Crippen molar-refractivity contribution in [1.29, 1.82) is 0 Å². The summed E-state index contributed by atoms with van der Waals surface area (Å²) < 4.78 is 3.47. The first kappa shape index (κ1) is 20.3. The van der Waals surface area contributed by atoms with Crippen molar-refractivity contribution >= 4 is 11.6 Å². The van der Waals surface area contributed by atoms with E-state index in [2.05, 4.69) is 38.1 Å². The van der Waals surface area contributed by atoms with Gasteiger partial charge in [0, 0.05) is 23.6 Å². The smallest absolute Gasteiger partial charge is 0.256 e. The molecule has 0 bridgehead atoms. The van der Waals surface area contributed by atoms with E-state index in [1.807, 2.05) is 78.5 Å². The van der Waals surface area contributed by atoms with E-state index in [-0.39, 0.29) is 5.91 Å². The number of benzene rings is 3. The third kappa shape index (κ3) is 4.40. The standard InChI is InChI=1S/C25H21N7O/c1-18-15-21(11-12-24(18)32-17-26-29-30-32)28-25(33)23-6-3-2-5-22(23)20-9-7-19(8-10-20)16-31-14-4-13-27-31/h2-15,17H,16H2,1H3,(H,28,33). The molecule has 0 unspecified atom stereocenters. The van der Waals surface area contributed by atoms with Crippen LogP contribution in [0, 0.1) is 6.92 Å². The van der Waals surface area contributed by atoms with Crippen LogP contribution in [0.3, 0.4) is 0 Å². The average Bonchev–Trinajstić information content (AvgIpc) is 3.54. The van der Waals surface area contributed by atoms with Gasteiger partial charge < -0.3 is 5.32 Å². The fraction of sp³-hybridized carbons (Fsp3) is 0.0800. The molecular formula is C25H21N7O. The van der Waals surface area contributed by atoms with Crippen LogP contribution in [-0.2, 0) is 6.54 Å². The van der Waals surface area contributed by atoms with Crippen LogP contribution in [0.2, 0.25) is 0 Å². The number of hydrogen-bond acceptors (Lipinski definition) is 5. The van der Waals surface area contributed by atoms with E-state index in [1.165, 1.54) is 6.33 Å². The van der Waals surface area contributed by atoms with E-state index in [0.717, 1.165) is 27.9 Å². The Morgan fingerprint density at radius 2 is 1.85 bits per heavy atom. The summed E-state index contributed by atoms with van der Waals surface area (Å²) in [6.07, 6.45) is 5.24. The van der Waals surface area contributed by atoms with E-state index in [9.17, 15) is 4.79 Å². The van der Waals surface area contributed by atoms with Crippen molar-refractivity contribution in [3.8, 4) is 16.8 Å². The van der Waals surface area contributed by atoms with E-state index < -0.39 is 0 Å². The van der Waals surface area contributed by atoms with Crippen molar-refractivity contribution in [3.05, 3.63) is 108 Å². The fourth-order valence-electron chi connectivity index (χ4n) is 3.76. The normalized spacial score (nSPS) is 10.8. The van der Waals surface area contributed by atoms with Gasteiger partial charge in [0.05, 0.1) is 12.2 Å². The lowest BCUT2D eigenvalue weighted by atomic mass is 9.98. The van der Waals surface area contributed by atoms with Gasteiger partial charge in [0.2, 0.25) is 0 Å². The first-order valence-electron chi connectivity index (χ1n) is 10.5. The Morgan fingerprint density at radius 1 is 1.00 bits per heavy atom. The molecule has 0 aliphatic heterocycles. The minimum atomic E-state index is -0.166. The van der Waals surface area contributed by atoms with Crippen LogP contribution >= 0.6 is 0 Å². The third-order valence-electron chi connectivity index (χ3n) is 5.39. The number of aryl methyl sites for hydroxylation is 1. The molecule has 5 aromatic rings. The molecule has 2 heterocycles. The van der Waals surface area contributed by atoms with Gasteiger partial charge in [0.1, 0.15) is 6.33 Å². The number of nitrogens with one attached hydrogen (secondary N) is 1. The SMILES string of the molecule is Cc1cc(NC(=O)c2ccccc2-c2ccc(Cn3cccn3)cc2)ccc1-n1cnnn1. The van der Waals surface area contributed by atoms with Gasteiger partial charge in [-0.05, 0) is 69.9 Å². The van der Waals surface area contributed by atoms with Crippen LogP contribution in [0.15, 0.2) is 91.5 Å². The Balaban J connectivity index is 1.36. The molecule has 0 saturated heterocycles. The maximum absolute atomic E-state index is 13.2. The summed E-state index contributed by atoms with van der Waals surface area (Å²) in [5, 5.41) is 18.5. The Morgan fingerprint density at radius 3 is 2.58 bits per heavy atom. The molecular weight excluding hydrogens is 414 g/mol. The van der Waals surface area contributed by atoms with Crippen LogP contribution in [0.4, 0.5) is 5.69 Å². The van der Waals surface area contributed by atoms with Gasteiger partial charge in [0.25, 0.3) is 5.91 Å². The largest absolute Gasteiger partial charge is 0.322 e. The molecule has 2 aromatic heterocycles. The van der Waals surface area contributed by atoms with Gasteiger partial charge in [-0.2, -0.15) is 5.10 Å². The lowest BCUT2D eigenvalue weighted by molar-refractivity contribution is 0.102. The predicted molar refractivity (Wildman–Crippen MR) is 125 cm³/mol. The lowest BCUT2D eigenvalue weighted by Gasteiger charge is -2.12. The maximum atomic E-state index is 13.2. The van der Waals surface area contributed by atoms with Crippen LogP contribution < -0.4 is 5.32 Å². The van der Waals surface area contributed by atoms with Crippen molar-refractivity contribution in [2.45, 2.75) is 13.5 Å². The molecule has 0 spiro atoms. The number of carbonyl (C=O) groups excluding carboxylic acids is 1. The first-order chi connectivity index (χ1) is 16.2. The Hall–Kier alpha value is -4.59. The summed E-state index contributed by atoms with van der Waals surface area (Å²) >= 11 is 0. The highest BCUT2D eigenvalue weighted by Gasteiger charge is 2.14. The zero-order chi connectivity index (χ0) is 22.6. The number of aromatic nitrogens is 6. The van der Waals surface area contributed by atoms with Crippen molar-refractivity contribution in [2.75, 3.05) is 5.32 Å². The summed E-state index contributed by atoms with van der Waals surface area (Å²) in [5.41, 5.74) is 6.12. The van der Waals surface area contributed by atoms with Gasteiger partial charge in [-0.15, -0.1) is 5.10 Å². The molecule has 8 nitrogen and oxygen atoms in total. The molecule has 0 radical (unpaired) electrons. The second-order valence-electron chi connectivity index (χ2n) is 7.66. The molecule has 1 amide bonds. The van der Waals surface area contributed by atoms with Crippen LogP contribution in [0.5, 0.6) is 0 Å². The molecule has 0 saturated carbocycles. The van der Waals surface area contributed by atoms with E-state index in [1.54, 1.807) is 10.9 Å². The van der Waals surface area contributed by atoms with Gasteiger partial charge in [-0.25, -0.2) is 4.68 Å². The molecule has 0 atom stereocenters. The second kappa shape index (κ2) is 8.88. The number of nitrogens with zero attached hydrogens (tertiary/aromatic N) is 6. The van der Waals surface area contributed by atoms with Crippen molar-refractivity contribution in [3.63, 3.8) is 0 Å². The predicted octanol–water partition coefficient (Wildman–Crippen LogP) is 4.13. The van der Waals surface area contributed by atoms with Gasteiger partial charge in [0.15, 0.2) is 0 Å². The molecule has 5 rings (SSSR count). The summed E-state index contributed by atoms with van der Waals surface area (Å²) in [5.74, 6) is -0.166. The summed E-state index contributed by atoms with van der Waals surface area (Å²) in [6.45, 7) is 2.65. The summed E-state index contributed by atoms with van der Waals surface area (Å²) in [4.78, 5) is 13.2. The van der Waals surface area contributed by atoms with Crippen LogP contribution in [0.25, 0.3) is 16.8 Å². The molecule has 8 heteroatoms. The molecule has 33 heavy (non-hydrogen) atoms. The third-order valence-corrected chi connectivity index (χ3v) is 5.39. The van der Waals surface area contributed by atoms with E-state index in [0.29, 0.717) is 17.8 Å². The quantitative estimate of drug-likeness (QED) is 0.433. The monoisotopic (exact) mass is 435 g/mol. The molecule has 162 valence electrons. The lowest BCUT2D eigenvalue weighted by Crippen LogP contribution is -2.13. The minimum Gasteiger partial charge on any atom is -0.322 e. The van der Waals surface area contributed by atoms with E-state index in [4.69, 9.17) is 0 Å². The Kier molecular flexibility index (Phi) is 5.47. The van der Waals surface area contributed by atoms with Crippen molar-refractivity contribution in [2.24, 2.45) is 0 Å². The highest BCUT2D eigenvalue weighted by atomic mass is 16.1. The number of amides is 1. The highest BCUT2D eigenvalue weighted by Crippen LogP contribution is 2.26. The summed E-state index contributed by atoms with van der Waals surface area (Å²) in [7, 11) is 0. The molecule has 1 N–H and O–H groups in total. The molecule has 0 aliphatic carbocycles. The van der Waals surface area contributed by atoms with Gasteiger partial charge in [-0.1, -0.05) is 42.5 Å². The number of tetrazole rings is 1. The first-order valence-corrected chi connectivity index (χ1v) is 10.5. The van der Waals surface area contributed by atoms with Crippen molar-refractivity contribution < 1.29 is 4.79 Å². The Labute approximate surface area is 190 Å². The number of anilines is 1. The topological polar surface area (TPSA) is 90.5 Å². The van der Waals surface area contributed by atoms with Crippen molar-refractivity contribution in [1.82, 2.24) is 30.0 Å². The highest BCUT2D eigenvalue weighted by molar-refractivity contribution is 6.08. The number of carbonyl (C=O) groups is 1. The second-order valence-corrected chi connectivity index (χ2v) is 7.66. The van der Waals surface area contributed by atoms with Gasteiger partial charge in [-0.3, -0.25) is 9.48 Å². The minimum absolute atomic E-state index is 0.166. The Bertz CT molecular complexity index is 1380. The number of hydrogen-bond donors (Lipinski definition) is 1. The molecule has 3 aromatic carbocycles. The number of rotatable bonds is 6. The summed E-state index contributed by atoms with van der Waals surface area (Å²) in [6, 6.07) is 23.3. The maximum Gasteiger partial charge on any atom is 0.256 e. The molecule has 0 aliphatic rings. The van der Waals surface area contributed by atoms with Crippen LogP contribution in [0.1, 0.15) is 21.5 Å². The van der Waals surface area contributed by atoms with Crippen LogP contribution in [-0.4, -0.2) is 35.9 Å². The molecule has 0 fully saturated rings. The van der Waals surface area contributed by atoms with E-state index >= 15 is 0 Å². The average molecular weight is 435 g/mol. The van der Waals surface area contributed by atoms with Gasteiger partial charge >= 0.3 is 0 Å². The zero-order valence-electron chi connectivity index (χ0n) is 18.0. The fourth-order valence-corrected chi connectivity index (χ4v) is 3.76.